The molecule has 0 fully saturated rings. The van der Waals surface area contributed by atoms with E-state index in [1.807, 2.05) is 19.1 Å². The van der Waals surface area contributed by atoms with Gasteiger partial charge in [-0.15, -0.1) is 0 Å². The number of methoxy groups -OCH3 is 2. The smallest absolute Gasteiger partial charge is 0.160 e. The summed E-state index contributed by atoms with van der Waals surface area (Å²) in [6.07, 6.45) is 0. The topological polar surface area (TPSA) is 50.7 Å². The minimum Gasteiger partial charge on any atom is -0.504 e. The van der Waals surface area contributed by atoms with Crippen molar-refractivity contribution in [3.05, 3.63) is 47.5 Å². The van der Waals surface area contributed by atoms with Gasteiger partial charge >= 0.3 is 0 Å². The van der Waals surface area contributed by atoms with Crippen LogP contribution in [0.15, 0.2) is 36.4 Å². The van der Waals surface area contributed by atoms with Crippen molar-refractivity contribution in [1.82, 2.24) is 0 Å². The van der Waals surface area contributed by atoms with E-state index in [2.05, 4.69) is 24.4 Å². The largest absolute Gasteiger partial charge is 0.504 e. The number of hydrogen-bond acceptors (Lipinski definition) is 4. The predicted octanol–water partition coefficient (Wildman–Crippen LogP) is 3.89. The summed E-state index contributed by atoms with van der Waals surface area (Å²) in [7, 11) is 3.20. The Labute approximate surface area is 125 Å². The van der Waals surface area contributed by atoms with Crippen LogP contribution in [0.25, 0.3) is 0 Å². The van der Waals surface area contributed by atoms with E-state index in [1.54, 1.807) is 19.2 Å². The SMILES string of the molecule is COc1ccc(NC(C)c2ccc(C)cc2OC)cc1O. The molecule has 0 bridgehead atoms. The quantitative estimate of drug-likeness (QED) is 0.876. The zero-order valence-corrected chi connectivity index (χ0v) is 12.8. The number of phenols is 1. The van der Waals surface area contributed by atoms with Crippen molar-refractivity contribution >= 4 is 5.69 Å². The van der Waals surface area contributed by atoms with Crippen LogP contribution in [0, 0.1) is 6.92 Å². The van der Waals surface area contributed by atoms with Gasteiger partial charge in [0.05, 0.1) is 20.3 Å². The summed E-state index contributed by atoms with van der Waals surface area (Å²) in [6.45, 7) is 4.08. The summed E-state index contributed by atoms with van der Waals surface area (Å²) in [4.78, 5) is 0. The van der Waals surface area contributed by atoms with E-state index in [0.717, 1.165) is 22.6 Å². The highest BCUT2D eigenvalue weighted by molar-refractivity contribution is 5.55. The van der Waals surface area contributed by atoms with E-state index in [-0.39, 0.29) is 11.8 Å². The first-order valence-corrected chi connectivity index (χ1v) is 6.83. The minimum atomic E-state index is 0.0494. The molecule has 2 rings (SSSR count). The Balaban J connectivity index is 2.21. The number of aromatic hydroxyl groups is 1. The lowest BCUT2D eigenvalue weighted by molar-refractivity contribution is 0.373. The molecular formula is C17H21NO3. The molecule has 1 unspecified atom stereocenters. The van der Waals surface area contributed by atoms with E-state index in [4.69, 9.17) is 9.47 Å². The molecule has 0 saturated carbocycles. The number of aryl methyl sites for hydroxylation is 1. The van der Waals surface area contributed by atoms with Crippen LogP contribution in [0.4, 0.5) is 5.69 Å². The molecule has 1 atom stereocenters. The van der Waals surface area contributed by atoms with Crippen molar-refractivity contribution in [1.29, 1.82) is 0 Å². The monoisotopic (exact) mass is 287 g/mol. The Kier molecular flexibility index (Phi) is 4.58. The van der Waals surface area contributed by atoms with Gasteiger partial charge < -0.3 is 19.9 Å². The lowest BCUT2D eigenvalue weighted by atomic mass is 10.0. The molecule has 0 aliphatic heterocycles. The third kappa shape index (κ3) is 3.40. The number of phenolic OH excluding ortho intramolecular Hbond substituents is 1. The fourth-order valence-corrected chi connectivity index (χ4v) is 2.28. The minimum absolute atomic E-state index is 0.0494. The molecule has 0 radical (unpaired) electrons. The van der Waals surface area contributed by atoms with Gasteiger partial charge in [0, 0.05) is 17.3 Å². The average Bonchev–Trinajstić information content (AvgIpc) is 2.47. The van der Waals surface area contributed by atoms with Crippen LogP contribution in [-0.4, -0.2) is 19.3 Å². The Bertz CT molecular complexity index is 625. The van der Waals surface area contributed by atoms with E-state index < -0.39 is 0 Å². The van der Waals surface area contributed by atoms with Gasteiger partial charge in [-0.2, -0.15) is 0 Å². The second-order valence-corrected chi connectivity index (χ2v) is 5.00. The first-order valence-electron chi connectivity index (χ1n) is 6.83. The molecule has 2 aromatic rings. The van der Waals surface area contributed by atoms with Gasteiger partial charge in [-0.1, -0.05) is 12.1 Å². The van der Waals surface area contributed by atoms with Gasteiger partial charge in [-0.3, -0.25) is 0 Å². The third-order valence-electron chi connectivity index (χ3n) is 3.42. The van der Waals surface area contributed by atoms with Gasteiger partial charge in [0.25, 0.3) is 0 Å². The molecule has 2 N–H and O–H groups in total. The number of nitrogens with one attached hydrogen (secondary N) is 1. The fraction of sp³-hybridized carbons (Fsp3) is 0.294. The van der Waals surface area contributed by atoms with Crippen LogP contribution in [0.1, 0.15) is 24.1 Å². The van der Waals surface area contributed by atoms with E-state index in [9.17, 15) is 5.11 Å². The van der Waals surface area contributed by atoms with Crippen molar-refractivity contribution in [2.24, 2.45) is 0 Å². The molecule has 0 spiro atoms. The molecule has 4 nitrogen and oxygen atoms in total. The van der Waals surface area contributed by atoms with Crippen LogP contribution in [0.3, 0.4) is 0 Å². The number of ether oxygens (including phenoxy) is 2. The highest BCUT2D eigenvalue weighted by Gasteiger charge is 2.12. The molecule has 0 heterocycles. The summed E-state index contributed by atoms with van der Waals surface area (Å²) >= 11 is 0. The van der Waals surface area contributed by atoms with Crippen LogP contribution >= 0.6 is 0 Å². The molecule has 0 saturated heterocycles. The molecular weight excluding hydrogens is 266 g/mol. The molecule has 21 heavy (non-hydrogen) atoms. The number of hydrogen-bond donors (Lipinski definition) is 2. The maximum atomic E-state index is 9.82. The zero-order valence-electron chi connectivity index (χ0n) is 12.8. The maximum Gasteiger partial charge on any atom is 0.160 e. The maximum absolute atomic E-state index is 9.82. The van der Waals surface area contributed by atoms with E-state index in [1.165, 1.54) is 7.11 Å². The fourth-order valence-electron chi connectivity index (χ4n) is 2.28. The first-order chi connectivity index (χ1) is 10.0. The standard InChI is InChI=1S/C17H21NO3/c1-11-5-7-14(17(9-11)21-4)12(2)18-13-6-8-16(20-3)15(19)10-13/h5-10,12,18-19H,1-4H3. The van der Waals surface area contributed by atoms with Crippen molar-refractivity contribution in [3.8, 4) is 17.2 Å². The average molecular weight is 287 g/mol. The molecule has 4 heteroatoms. The van der Waals surface area contributed by atoms with Crippen LogP contribution in [-0.2, 0) is 0 Å². The third-order valence-corrected chi connectivity index (χ3v) is 3.42. The van der Waals surface area contributed by atoms with Crippen molar-refractivity contribution < 1.29 is 14.6 Å². The normalized spacial score (nSPS) is 11.8. The molecule has 0 aliphatic carbocycles. The Morgan fingerprint density at radius 1 is 1.00 bits per heavy atom. The number of benzene rings is 2. The van der Waals surface area contributed by atoms with Crippen molar-refractivity contribution in [3.63, 3.8) is 0 Å². The van der Waals surface area contributed by atoms with Gasteiger partial charge in [0.1, 0.15) is 5.75 Å². The number of anilines is 1. The van der Waals surface area contributed by atoms with Crippen molar-refractivity contribution in [2.75, 3.05) is 19.5 Å². The predicted molar refractivity (Wildman–Crippen MR) is 84.4 cm³/mol. The first kappa shape index (κ1) is 15.0. The van der Waals surface area contributed by atoms with Gasteiger partial charge in [0.2, 0.25) is 0 Å². The lowest BCUT2D eigenvalue weighted by Crippen LogP contribution is -2.08. The van der Waals surface area contributed by atoms with Crippen LogP contribution < -0.4 is 14.8 Å². The van der Waals surface area contributed by atoms with E-state index in [0.29, 0.717) is 5.75 Å². The Morgan fingerprint density at radius 3 is 2.33 bits per heavy atom. The van der Waals surface area contributed by atoms with Crippen molar-refractivity contribution in [2.45, 2.75) is 19.9 Å². The molecule has 0 aromatic heterocycles. The van der Waals surface area contributed by atoms with Gasteiger partial charge in [-0.05, 0) is 37.6 Å². The van der Waals surface area contributed by atoms with Crippen LogP contribution in [0.2, 0.25) is 0 Å². The molecule has 0 amide bonds. The van der Waals surface area contributed by atoms with Crippen LogP contribution in [0.5, 0.6) is 17.2 Å². The second kappa shape index (κ2) is 6.39. The lowest BCUT2D eigenvalue weighted by Gasteiger charge is -2.19. The molecule has 0 aliphatic rings. The Hall–Kier alpha value is -2.36. The summed E-state index contributed by atoms with van der Waals surface area (Å²) in [5.74, 6) is 1.43. The second-order valence-electron chi connectivity index (χ2n) is 5.00. The summed E-state index contributed by atoms with van der Waals surface area (Å²) in [5.41, 5.74) is 3.05. The summed E-state index contributed by atoms with van der Waals surface area (Å²) in [5, 5.41) is 13.2. The Morgan fingerprint density at radius 2 is 1.71 bits per heavy atom. The van der Waals surface area contributed by atoms with E-state index >= 15 is 0 Å². The summed E-state index contributed by atoms with van der Waals surface area (Å²) in [6, 6.07) is 11.4. The van der Waals surface area contributed by atoms with Gasteiger partial charge in [-0.25, -0.2) is 0 Å². The zero-order chi connectivity index (χ0) is 15.4. The van der Waals surface area contributed by atoms with Gasteiger partial charge in [0.15, 0.2) is 11.5 Å². The number of rotatable bonds is 5. The molecule has 2 aromatic carbocycles. The highest BCUT2D eigenvalue weighted by atomic mass is 16.5. The highest BCUT2D eigenvalue weighted by Crippen LogP contribution is 2.32. The molecule has 112 valence electrons. The summed E-state index contributed by atoms with van der Waals surface area (Å²) < 4.78 is 10.5.